The lowest BCUT2D eigenvalue weighted by atomic mass is 10.0. The van der Waals surface area contributed by atoms with E-state index >= 15 is 0 Å². The van der Waals surface area contributed by atoms with Crippen LogP contribution in [0.25, 0.3) is 10.8 Å². The largest absolute Gasteiger partial charge is 0.497 e. The van der Waals surface area contributed by atoms with Crippen molar-refractivity contribution < 1.29 is 18.8 Å². The molecule has 0 aromatic heterocycles. The Morgan fingerprint density at radius 2 is 2.06 bits per heavy atom. The molecule has 3 heteroatoms. The monoisotopic (exact) mass is 219 g/mol. The summed E-state index contributed by atoms with van der Waals surface area (Å²) in [6, 6.07) is 10.1. The van der Waals surface area contributed by atoms with Crippen LogP contribution in [-0.4, -0.2) is 18.1 Å². The van der Waals surface area contributed by atoms with Gasteiger partial charge in [0.25, 0.3) is 0 Å². The fourth-order valence-electron chi connectivity index (χ4n) is 1.62. The molecule has 3 nitrogen and oxygen atoms in total. The number of carboxylic acid groups (broad SMARTS) is 1. The highest BCUT2D eigenvalue weighted by molar-refractivity contribution is 5.85. The average molecular weight is 219 g/mol. The number of benzene rings is 2. The Hall–Kier alpha value is -2.03. The lowest BCUT2D eigenvalue weighted by Crippen LogP contribution is -1.99. The van der Waals surface area contributed by atoms with Crippen LogP contribution in [0.3, 0.4) is 0 Å². The van der Waals surface area contributed by atoms with Gasteiger partial charge in [0.2, 0.25) is 0 Å². The molecule has 0 fully saturated rings. The van der Waals surface area contributed by atoms with Gasteiger partial charge in [-0.2, -0.15) is 0 Å². The van der Waals surface area contributed by atoms with E-state index in [0.717, 1.165) is 10.8 Å². The van der Waals surface area contributed by atoms with Crippen LogP contribution in [0.4, 0.5) is 0 Å². The predicted molar refractivity (Wildman–Crippen MR) is 61.8 cm³/mol. The molecule has 2 rings (SSSR count). The van der Waals surface area contributed by atoms with Gasteiger partial charge in [0.05, 0.1) is 17.6 Å². The standard InChI is InChI=1S/C13H12O3/c1-16-12-5-4-10-6-9(7-13(14)15)2-3-11(10)8-12/h2-6,8H,7H2,1H3,(H,14,15)/i1D3. The number of ether oxygens (including phenoxy) is 1. The Morgan fingerprint density at radius 1 is 1.31 bits per heavy atom. The molecule has 0 radical (unpaired) electrons. The maximum atomic E-state index is 10.6. The third kappa shape index (κ3) is 2.14. The lowest BCUT2D eigenvalue weighted by Gasteiger charge is -2.04. The minimum absolute atomic E-state index is 0.0382. The second kappa shape index (κ2) is 4.23. The average Bonchev–Trinajstić information content (AvgIpc) is 2.26. The van der Waals surface area contributed by atoms with Crippen LogP contribution in [0.15, 0.2) is 36.4 Å². The molecule has 16 heavy (non-hydrogen) atoms. The summed E-state index contributed by atoms with van der Waals surface area (Å²) >= 11 is 0. The molecule has 0 unspecified atom stereocenters. The number of carboxylic acids is 1. The van der Waals surface area contributed by atoms with E-state index in [4.69, 9.17) is 14.0 Å². The van der Waals surface area contributed by atoms with E-state index in [-0.39, 0.29) is 12.2 Å². The minimum Gasteiger partial charge on any atom is -0.497 e. The van der Waals surface area contributed by atoms with Gasteiger partial charge in [-0.15, -0.1) is 0 Å². The zero-order valence-electron chi connectivity index (χ0n) is 11.4. The summed E-state index contributed by atoms with van der Waals surface area (Å²) in [6.45, 7) is 0. The maximum absolute atomic E-state index is 10.6. The SMILES string of the molecule is [2H]C([2H])([2H])Oc1ccc2cc(CC(=O)O)ccc2c1. The molecule has 0 aliphatic rings. The smallest absolute Gasteiger partial charge is 0.307 e. The Bertz CT molecular complexity index is 620. The van der Waals surface area contributed by atoms with Crippen LogP contribution < -0.4 is 4.74 Å². The molecular formula is C13H12O3. The van der Waals surface area contributed by atoms with Crippen molar-refractivity contribution in [2.24, 2.45) is 0 Å². The van der Waals surface area contributed by atoms with Crippen LogP contribution in [-0.2, 0) is 11.2 Å². The topological polar surface area (TPSA) is 46.5 Å². The molecule has 2 aromatic rings. The molecule has 2 aromatic carbocycles. The van der Waals surface area contributed by atoms with E-state index in [1.54, 1.807) is 36.4 Å². The van der Waals surface area contributed by atoms with Crippen molar-refractivity contribution in [1.29, 1.82) is 0 Å². The molecule has 0 spiro atoms. The number of hydrogen-bond donors (Lipinski definition) is 1. The van der Waals surface area contributed by atoms with Gasteiger partial charge in [-0.1, -0.05) is 24.3 Å². The molecule has 0 atom stereocenters. The molecule has 82 valence electrons. The first-order valence-electron chi connectivity index (χ1n) is 6.27. The van der Waals surface area contributed by atoms with Gasteiger partial charge < -0.3 is 9.84 Å². The van der Waals surface area contributed by atoms with Crippen molar-refractivity contribution in [2.75, 3.05) is 7.04 Å². The van der Waals surface area contributed by atoms with Gasteiger partial charge in [0, 0.05) is 0 Å². The van der Waals surface area contributed by atoms with E-state index < -0.39 is 13.0 Å². The van der Waals surface area contributed by atoms with Crippen LogP contribution in [0.2, 0.25) is 0 Å². The Labute approximate surface area is 97.5 Å². The molecule has 0 bridgehead atoms. The summed E-state index contributed by atoms with van der Waals surface area (Å²) in [6.07, 6.45) is -0.0382. The fraction of sp³-hybridized carbons (Fsp3) is 0.154. The number of fused-ring (bicyclic) bond motifs is 1. The zero-order valence-corrected chi connectivity index (χ0v) is 8.43. The summed E-state index contributed by atoms with van der Waals surface area (Å²) < 4.78 is 25.9. The predicted octanol–water partition coefficient (Wildman–Crippen LogP) is 2.48. The molecule has 0 amide bonds. The van der Waals surface area contributed by atoms with E-state index in [1.165, 1.54) is 0 Å². The first-order chi connectivity index (χ1) is 8.83. The Kier molecular flexibility index (Phi) is 1.92. The van der Waals surface area contributed by atoms with Crippen LogP contribution >= 0.6 is 0 Å². The van der Waals surface area contributed by atoms with Crippen LogP contribution in [0.1, 0.15) is 9.68 Å². The summed E-state index contributed by atoms with van der Waals surface area (Å²) in [5, 5.41) is 10.4. The van der Waals surface area contributed by atoms with Crippen molar-refractivity contribution in [2.45, 2.75) is 6.42 Å². The van der Waals surface area contributed by atoms with Crippen LogP contribution in [0, 0.1) is 0 Å². The number of methoxy groups -OCH3 is 1. The van der Waals surface area contributed by atoms with Gasteiger partial charge in [-0.05, 0) is 28.5 Å². The Balaban J connectivity index is 2.32. The highest BCUT2D eigenvalue weighted by atomic mass is 16.5. The van der Waals surface area contributed by atoms with Crippen molar-refractivity contribution in [3.8, 4) is 5.75 Å². The van der Waals surface area contributed by atoms with Gasteiger partial charge >= 0.3 is 5.97 Å². The molecular weight excluding hydrogens is 204 g/mol. The van der Waals surface area contributed by atoms with E-state index in [2.05, 4.69) is 0 Å². The molecule has 0 aliphatic carbocycles. The normalized spacial score (nSPS) is 13.9. The second-order valence-corrected chi connectivity index (χ2v) is 3.52. The van der Waals surface area contributed by atoms with Gasteiger partial charge in [0.1, 0.15) is 5.75 Å². The van der Waals surface area contributed by atoms with Crippen LogP contribution in [0.5, 0.6) is 5.75 Å². The highest BCUT2D eigenvalue weighted by Gasteiger charge is 2.02. The number of rotatable bonds is 3. The molecule has 1 N–H and O–H groups in total. The number of carbonyl (C=O) groups is 1. The van der Waals surface area contributed by atoms with Crippen molar-refractivity contribution in [3.63, 3.8) is 0 Å². The lowest BCUT2D eigenvalue weighted by molar-refractivity contribution is -0.136. The van der Waals surface area contributed by atoms with Gasteiger partial charge in [-0.25, -0.2) is 0 Å². The maximum Gasteiger partial charge on any atom is 0.307 e. The van der Waals surface area contributed by atoms with Crippen molar-refractivity contribution in [1.82, 2.24) is 0 Å². The fourth-order valence-corrected chi connectivity index (χ4v) is 1.62. The highest BCUT2D eigenvalue weighted by Crippen LogP contribution is 2.21. The quantitative estimate of drug-likeness (QED) is 0.862. The first kappa shape index (κ1) is 7.28. The van der Waals surface area contributed by atoms with E-state index in [9.17, 15) is 4.79 Å². The van der Waals surface area contributed by atoms with E-state index in [0.29, 0.717) is 5.56 Å². The molecule has 0 saturated heterocycles. The molecule has 0 aliphatic heterocycles. The van der Waals surface area contributed by atoms with Gasteiger partial charge in [-0.3, -0.25) is 4.79 Å². The van der Waals surface area contributed by atoms with Crippen molar-refractivity contribution >= 4 is 16.7 Å². The van der Waals surface area contributed by atoms with E-state index in [1.807, 2.05) is 0 Å². The minimum atomic E-state index is -2.48. The summed E-state index contributed by atoms with van der Waals surface area (Å²) in [7, 11) is -2.48. The summed E-state index contributed by atoms with van der Waals surface area (Å²) in [4.78, 5) is 10.6. The third-order valence-electron chi connectivity index (χ3n) is 2.35. The second-order valence-electron chi connectivity index (χ2n) is 3.52. The number of aliphatic carboxylic acids is 1. The third-order valence-corrected chi connectivity index (χ3v) is 2.35. The summed E-state index contributed by atoms with van der Waals surface area (Å²) in [5.74, 6) is -0.625. The summed E-state index contributed by atoms with van der Waals surface area (Å²) in [5.41, 5.74) is 0.699. The zero-order chi connectivity index (χ0) is 14.0. The Morgan fingerprint density at radius 3 is 2.81 bits per heavy atom. The first-order valence-corrected chi connectivity index (χ1v) is 4.77. The van der Waals surface area contributed by atoms with Gasteiger partial charge in [0.15, 0.2) is 0 Å². The van der Waals surface area contributed by atoms with Crippen molar-refractivity contribution in [3.05, 3.63) is 42.0 Å². The molecule has 0 saturated carbocycles. The number of hydrogen-bond acceptors (Lipinski definition) is 2. The molecule has 0 heterocycles.